The molecular weight excluding hydrogens is 317 g/mol. The Morgan fingerprint density at radius 2 is 1.71 bits per heavy atom. The van der Waals surface area contributed by atoms with E-state index in [1.165, 1.54) is 13.0 Å². The third kappa shape index (κ3) is 4.18. The summed E-state index contributed by atoms with van der Waals surface area (Å²) in [4.78, 5) is 14.3. The van der Waals surface area contributed by atoms with Crippen LogP contribution in [0.5, 0.6) is 0 Å². The fraction of sp³-hybridized carbons (Fsp3) is 0.500. The molecule has 1 aliphatic heterocycles. The number of halogens is 2. The maximum absolute atomic E-state index is 13.3. The summed E-state index contributed by atoms with van der Waals surface area (Å²) in [6.07, 6.45) is 1.53. The van der Waals surface area contributed by atoms with Crippen molar-refractivity contribution in [3.8, 4) is 0 Å². The molecule has 130 valence electrons. The average Bonchev–Trinajstić information content (AvgIpc) is 2.62. The van der Waals surface area contributed by atoms with Gasteiger partial charge in [0.05, 0.1) is 11.2 Å². The molecule has 5 nitrogen and oxygen atoms in total. The molecule has 1 fully saturated rings. The SMILES string of the molecule is CC(=O)NCC(=Cc1cc(F)nc(F)c1)B1OC(C)(C)C(C)(C)O1. The van der Waals surface area contributed by atoms with Crippen molar-refractivity contribution in [1.82, 2.24) is 10.3 Å². The van der Waals surface area contributed by atoms with Crippen LogP contribution >= 0.6 is 0 Å². The minimum Gasteiger partial charge on any atom is -0.400 e. The molecule has 0 saturated carbocycles. The van der Waals surface area contributed by atoms with E-state index in [1.807, 2.05) is 27.7 Å². The van der Waals surface area contributed by atoms with Gasteiger partial charge in [0, 0.05) is 25.6 Å². The Morgan fingerprint density at radius 1 is 1.21 bits per heavy atom. The molecule has 1 amide bonds. The van der Waals surface area contributed by atoms with Gasteiger partial charge in [-0.05, 0) is 38.7 Å². The van der Waals surface area contributed by atoms with Crippen molar-refractivity contribution in [2.45, 2.75) is 45.8 Å². The Kier molecular flexibility index (Phi) is 5.10. The van der Waals surface area contributed by atoms with Crippen molar-refractivity contribution >= 4 is 19.1 Å². The fourth-order valence-corrected chi connectivity index (χ4v) is 2.20. The van der Waals surface area contributed by atoms with Crippen LogP contribution in [0, 0.1) is 11.9 Å². The number of amides is 1. The van der Waals surface area contributed by atoms with E-state index in [-0.39, 0.29) is 18.0 Å². The summed E-state index contributed by atoms with van der Waals surface area (Å²) in [6, 6.07) is 2.20. The molecule has 0 radical (unpaired) electrons. The minimum absolute atomic E-state index is 0.137. The lowest BCUT2D eigenvalue weighted by Gasteiger charge is -2.32. The van der Waals surface area contributed by atoms with Gasteiger partial charge in [0.2, 0.25) is 17.8 Å². The summed E-state index contributed by atoms with van der Waals surface area (Å²) in [7, 11) is -0.735. The molecule has 1 N–H and O–H groups in total. The molecule has 1 saturated heterocycles. The van der Waals surface area contributed by atoms with Crippen LogP contribution in [0.15, 0.2) is 17.6 Å². The van der Waals surface area contributed by atoms with Gasteiger partial charge in [-0.3, -0.25) is 4.79 Å². The Labute approximate surface area is 140 Å². The number of aromatic nitrogens is 1. The molecular formula is C16H21BF2N2O3. The van der Waals surface area contributed by atoms with E-state index in [9.17, 15) is 13.6 Å². The maximum atomic E-state index is 13.3. The highest BCUT2D eigenvalue weighted by Crippen LogP contribution is 2.38. The first kappa shape index (κ1) is 18.5. The standard InChI is InChI=1S/C16H21BF2N2O3/c1-10(22)20-9-12(6-11-7-13(18)21-14(19)8-11)17-23-15(2,3)16(4,5)24-17/h6-8H,9H2,1-5H3,(H,20,22). The topological polar surface area (TPSA) is 60.5 Å². The predicted octanol–water partition coefficient (Wildman–Crippen LogP) is 2.51. The second kappa shape index (κ2) is 6.60. The van der Waals surface area contributed by atoms with Crippen LogP contribution in [-0.4, -0.2) is 35.8 Å². The molecule has 1 aromatic rings. The van der Waals surface area contributed by atoms with E-state index in [0.717, 1.165) is 12.1 Å². The van der Waals surface area contributed by atoms with Crippen molar-refractivity contribution < 1.29 is 22.9 Å². The number of carbonyl (C=O) groups is 1. The van der Waals surface area contributed by atoms with Crippen LogP contribution < -0.4 is 5.32 Å². The van der Waals surface area contributed by atoms with E-state index in [0.29, 0.717) is 5.47 Å². The number of hydrogen-bond acceptors (Lipinski definition) is 4. The monoisotopic (exact) mass is 338 g/mol. The largest absolute Gasteiger partial charge is 0.492 e. The van der Waals surface area contributed by atoms with Crippen molar-refractivity contribution in [1.29, 1.82) is 0 Å². The molecule has 0 aromatic carbocycles. The number of nitrogens with one attached hydrogen (secondary N) is 1. The van der Waals surface area contributed by atoms with Crippen LogP contribution in [0.3, 0.4) is 0 Å². The van der Waals surface area contributed by atoms with Gasteiger partial charge < -0.3 is 14.6 Å². The number of nitrogens with zero attached hydrogens (tertiary/aromatic N) is 1. The lowest BCUT2D eigenvalue weighted by molar-refractivity contribution is -0.118. The summed E-state index contributed by atoms with van der Waals surface area (Å²) in [5.74, 6) is -2.08. The molecule has 0 unspecified atom stereocenters. The van der Waals surface area contributed by atoms with Crippen LogP contribution in [0.1, 0.15) is 40.2 Å². The van der Waals surface area contributed by atoms with Gasteiger partial charge >= 0.3 is 7.12 Å². The molecule has 24 heavy (non-hydrogen) atoms. The van der Waals surface area contributed by atoms with Gasteiger partial charge in [-0.1, -0.05) is 6.08 Å². The van der Waals surface area contributed by atoms with Gasteiger partial charge in [-0.2, -0.15) is 13.8 Å². The molecule has 2 rings (SSSR count). The summed E-state index contributed by atoms with van der Waals surface area (Å²) in [6.45, 7) is 9.11. The molecule has 0 spiro atoms. The van der Waals surface area contributed by atoms with E-state index in [1.54, 1.807) is 0 Å². The smallest absolute Gasteiger partial charge is 0.400 e. The number of rotatable bonds is 4. The van der Waals surface area contributed by atoms with Gasteiger partial charge in [-0.15, -0.1) is 0 Å². The number of carbonyl (C=O) groups excluding carboxylic acids is 1. The summed E-state index contributed by atoms with van der Waals surface area (Å²) < 4.78 is 38.5. The lowest BCUT2D eigenvalue weighted by atomic mass is 9.77. The molecule has 0 bridgehead atoms. The molecule has 1 aromatic heterocycles. The zero-order chi connectivity index (χ0) is 18.1. The number of hydrogen-bond donors (Lipinski definition) is 1. The molecule has 8 heteroatoms. The second-order valence-corrected chi connectivity index (χ2v) is 6.76. The van der Waals surface area contributed by atoms with Gasteiger partial charge in [0.15, 0.2) is 0 Å². The minimum atomic E-state index is -0.922. The third-order valence-electron chi connectivity index (χ3n) is 4.23. The normalized spacial score (nSPS) is 19.5. The van der Waals surface area contributed by atoms with Gasteiger partial charge in [0.1, 0.15) is 0 Å². The van der Waals surface area contributed by atoms with E-state index in [4.69, 9.17) is 9.31 Å². The van der Waals surface area contributed by atoms with E-state index in [2.05, 4.69) is 10.3 Å². The lowest BCUT2D eigenvalue weighted by Crippen LogP contribution is -2.41. The van der Waals surface area contributed by atoms with Crippen LogP contribution in [-0.2, 0) is 14.1 Å². The fourth-order valence-electron chi connectivity index (χ4n) is 2.20. The molecule has 0 atom stereocenters. The van der Waals surface area contributed by atoms with Crippen molar-refractivity contribution in [2.75, 3.05) is 6.54 Å². The van der Waals surface area contributed by atoms with Gasteiger partial charge in [0.25, 0.3) is 0 Å². The molecule has 1 aliphatic rings. The van der Waals surface area contributed by atoms with E-state index < -0.39 is 30.2 Å². The quantitative estimate of drug-likeness (QED) is 0.677. The average molecular weight is 338 g/mol. The van der Waals surface area contributed by atoms with Gasteiger partial charge in [-0.25, -0.2) is 0 Å². The first-order valence-corrected chi connectivity index (χ1v) is 7.64. The van der Waals surface area contributed by atoms with Crippen molar-refractivity contribution in [3.63, 3.8) is 0 Å². The Bertz CT molecular complexity index is 641. The first-order valence-electron chi connectivity index (χ1n) is 7.64. The Hall–Kier alpha value is -1.80. The van der Waals surface area contributed by atoms with Crippen LogP contribution in [0.4, 0.5) is 8.78 Å². The first-order chi connectivity index (χ1) is 11.0. The van der Waals surface area contributed by atoms with Crippen LogP contribution in [0.25, 0.3) is 6.08 Å². The van der Waals surface area contributed by atoms with Crippen molar-refractivity contribution in [2.24, 2.45) is 0 Å². The van der Waals surface area contributed by atoms with Crippen LogP contribution in [0.2, 0.25) is 0 Å². The zero-order valence-corrected chi connectivity index (χ0v) is 14.4. The highest BCUT2D eigenvalue weighted by atomic mass is 19.1. The Balaban J connectivity index is 2.35. The molecule has 0 aliphatic carbocycles. The highest BCUT2D eigenvalue weighted by Gasteiger charge is 2.52. The van der Waals surface area contributed by atoms with Crippen molar-refractivity contribution in [3.05, 3.63) is 35.1 Å². The summed E-state index contributed by atoms with van der Waals surface area (Å²) in [5.41, 5.74) is -0.312. The third-order valence-corrected chi connectivity index (χ3v) is 4.23. The Morgan fingerprint density at radius 3 is 2.17 bits per heavy atom. The summed E-state index contributed by atoms with van der Waals surface area (Å²) >= 11 is 0. The second-order valence-electron chi connectivity index (χ2n) is 6.76. The number of pyridine rings is 1. The maximum Gasteiger partial charge on any atom is 0.492 e. The zero-order valence-electron chi connectivity index (χ0n) is 14.4. The summed E-state index contributed by atoms with van der Waals surface area (Å²) in [5, 5.41) is 2.66. The van der Waals surface area contributed by atoms with E-state index >= 15 is 0 Å². The highest BCUT2D eigenvalue weighted by molar-refractivity contribution is 6.56. The molecule has 2 heterocycles. The predicted molar refractivity (Wildman–Crippen MR) is 86.9 cm³/mol.